The zero-order valence-electron chi connectivity index (χ0n) is 12.0. The second-order valence-electron chi connectivity index (χ2n) is 4.77. The van der Waals surface area contributed by atoms with Gasteiger partial charge in [0.05, 0.1) is 0 Å². The number of H-pyrrole nitrogens is 1. The first kappa shape index (κ1) is 13.7. The van der Waals surface area contributed by atoms with E-state index < -0.39 is 0 Å². The Morgan fingerprint density at radius 2 is 1.84 bits per heavy atom. The third kappa shape index (κ3) is 2.80. The highest BCUT2D eigenvalue weighted by Crippen LogP contribution is 2.19. The standard InChI is InChI=1S/C14H16N2O.C2H6/c1-10-4-5-11-9-13(15-12(11)8-10)14(17)16-6-2-3-7-16;1-2/h4-5,8-9,15H,2-3,6-7H2,1H3;1-2H3. The van der Waals surface area contributed by atoms with Crippen LogP contribution < -0.4 is 0 Å². The molecule has 1 saturated heterocycles. The first-order valence-electron chi connectivity index (χ1n) is 7.13. The van der Waals surface area contributed by atoms with Crippen LogP contribution in [-0.2, 0) is 0 Å². The van der Waals surface area contributed by atoms with Gasteiger partial charge in [-0.1, -0.05) is 26.0 Å². The number of likely N-dealkylation sites (tertiary alicyclic amines) is 1. The molecule has 0 saturated carbocycles. The molecule has 0 aliphatic carbocycles. The van der Waals surface area contributed by atoms with E-state index in [1.54, 1.807) is 0 Å². The van der Waals surface area contributed by atoms with Crippen molar-refractivity contribution in [3.05, 3.63) is 35.5 Å². The predicted molar refractivity (Wildman–Crippen MR) is 79.5 cm³/mol. The molecule has 2 heterocycles. The fourth-order valence-electron chi connectivity index (χ4n) is 2.45. The molecule has 1 aliphatic rings. The number of hydrogen-bond acceptors (Lipinski definition) is 1. The Labute approximate surface area is 114 Å². The lowest BCUT2D eigenvalue weighted by molar-refractivity contribution is 0.0788. The number of hydrogen-bond donors (Lipinski definition) is 1. The molecule has 2 aromatic rings. The first-order chi connectivity index (χ1) is 9.24. The van der Waals surface area contributed by atoms with Crippen molar-refractivity contribution in [2.75, 3.05) is 13.1 Å². The van der Waals surface area contributed by atoms with Crippen LogP contribution in [0.4, 0.5) is 0 Å². The van der Waals surface area contributed by atoms with E-state index in [9.17, 15) is 4.79 Å². The van der Waals surface area contributed by atoms with E-state index in [4.69, 9.17) is 0 Å². The number of aromatic amines is 1. The number of fused-ring (bicyclic) bond motifs is 1. The normalized spacial score (nSPS) is 14.4. The van der Waals surface area contributed by atoms with Crippen LogP contribution in [0.3, 0.4) is 0 Å². The maximum absolute atomic E-state index is 12.2. The minimum Gasteiger partial charge on any atom is -0.351 e. The Balaban J connectivity index is 0.000000637. The van der Waals surface area contributed by atoms with Crippen LogP contribution in [0.15, 0.2) is 24.3 Å². The predicted octanol–water partition coefficient (Wildman–Crippen LogP) is 3.74. The van der Waals surface area contributed by atoms with E-state index in [0.717, 1.165) is 36.8 Å². The summed E-state index contributed by atoms with van der Waals surface area (Å²) in [5.74, 6) is 0.136. The van der Waals surface area contributed by atoms with Gasteiger partial charge in [-0.15, -0.1) is 0 Å². The van der Waals surface area contributed by atoms with Crippen LogP contribution in [0, 0.1) is 6.92 Å². The molecule has 1 aliphatic heterocycles. The average molecular weight is 258 g/mol. The van der Waals surface area contributed by atoms with E-state index in [0.29, 0.717) is 5.69 Å². The van der Waals surface area contributed by atoms with E-state index in [-0.39, 0.29) is 5.91 Å². The molecule has 3 nitrogen and oxygen atoms in total. The summed E-state index contributed by atoms with van der Waals surface area (Å²) in [6, 6.07) is 8.16. The van der Waals surface area contributed by atoms with Crippen molar-refractivity contribution in [3.63, 3.8) is 0 Å². The molecular weight excluding hydrogens is 236 g/mol. The monoisotopic (exact) mass is 258 g/mol. The molecule has 0 radical (unpaired) electrons. The van der Waals surface area contributed by atoms with Gasteiger partial charge in [-0.2, -0.15) is 0 Å². The summed E-state index contributed by atoms with van der Waals surface area (Å²) in [7, 11) is 0. The number of amides is 1. The van der Waals surface area contributed by atoms with Gasteiger partial charge in [0.1, 0.15) is 5.69 Å². The fraction of sp³-hybridized carbons (Fsp3) is 0.438. The van der Waals surface area contributed by atoms with Crippen LogP contribution in [0.1, 0.15) is 42.7 Å². The van der Waals surface area contributed by atoms with Crippen molar-refractivity contribution in [3.8, 4) is 0 Å². The van der Waals surface area contributed by atoms with Gasteiger partial charge in [-0.3, -0.25) is 4.79 Å². The maximum atomic E-state index is 12.2. The zero-order valence-corrected chi connectivity index (χ0v) is 12.0. The molecular formula is C16H22N2O. The zero-order chi connectivity index (χ0) is 13.8. The lowest BCUT2D eigenvalue weighted by atomic mass is 10.2. The lowest BCUT2D eigenvalue weighted by Gasteiger charge is -2.13. The Kier molecular flexibility index (Phi) is 4.25. The van der Waals surface area contributed by atoms with Gasteiger partial charge in [-0.05, 0) is 37.5 Å². The fourth-order valence-corrected chi connectivity index (χ4v) is 2.45. The lowest BCUT2D eigenvalue weighted by Crippen LogP contribution is -2.27. The highest BCUT2D eigenvalue weighted by Gasteiger charge is 2.20. The van der Waals surface area contributed by atoms with Crippen LogP contribution >= 0.6 is 0 Å². The molecule has 3 heteroatoms. The van der Waals surface area contributed by atoms with Crippen LogP contribution in [0.5, 0.6) is 0 Å². The van der Waals surface area contributed by atoms with Crippen LogP contribution in [0.25, 0.3) is 10.9 Å². The Hall–Kier alpha value is -1.77. The summed E-state index contributed by atoms with van der Waals surface area (Å²) in [5.41, 5.74) is 2.97. The molecule has 1 aromatic carbocycles. The van der Waals surface area contributed by atoms with Gasteiger partial charge >= 0.3 is 0 Å². The molecule has 0 bridgehead atoms. The maximum Gasteiger partial charge on any atom is 0.270 e. The number of nitrogens with one attached hydrogen (secondary N) is 1. The topological polar surface area (TPSA) is 36.1 Å². The molecule has 1 amide bonds. The summed E-state index contributed by atoms with van der Waals surface area (Å²) in [5, 5.41) is 1.11. The highest BCUT2D eigenvalue weighted by molar-refractivity contribution is 5.98. The van der Waals surface area contributed by atoms with Crippen LogP contribution in [0.2, 0.25) is 0 Å². The highest BCUT2D eigenvalue weighted by atomic mass is 16.2. The molecule has 0 atom stereocenters. The largest absolute Gasteiger partial charge is 0.351 e. The summed E-state index contributed by atoms with van der Waals surface area (Å²) in [6.07, 6.45) is 2.26. The van der Waals surface area contributed by atoms with Gasteiger partial charge in [0.25, 0.3) is 5.91 Å². The average Bonchev–Trinajstić information content (AvgIpc) is 3.08. The Bertz CT molecular complexity index is 565. The summed E-state index contributed by atoms with van der Waals surface area (Å²) >= 11 is 0. The van der Waals surface area contributed by atoms with Gasteiger partial charge in [-0.25, -0.2) is 0 Å². The molecule has 1 aromatic heterocycles. The van der Waals surface area contributed by atoms with Gasteiger partial charge in [0, 0.05) is 24.0 Å². The number of benzene rings is 1. The number of aromatic nitrogens is 1. The third-order valence-electron chi connectivity index (χ3n) is 3.40. The third-order valence-corrected chi connectivity index (χ3v) is 3.40. The number of nitrogens with zero attached hydrogens (tertiary/aromatic N) is 1. The van der Waals surface area contributed by atoms with Gasteiger partial charge in [0.15, 0.2) is 0 Å². The van der Waals surface area contributed by atoms with Crippen molar-refractivity contribution in [1.82, 2.24) is 9.88 Å². The SMILES string of the molecule is CC.Cc1ccc2cc(C(=O)N3CCCC3)[nH]c2c1. The van der Waals surface area contributed by atoms with E-state index in [2.05, 4.69) is 30.1 Å². The summed E-state index contributed by atoms with van der Waals surface area (Å²) in [6.45, 7) is 7.85. The van der Waals surface area contributed by atoms with Crippen molar-refractivity contribution in [1.29, 1.82) is 0 Å². The summed E-state index contributed by atoms with van der Waals surface area (Å²) in [4.78, 5) is 17.3. The van der Waals surface area contributed by atoms with Crippen molar-refractivity contribution in [2.45, 2.75) is 33.6 Å². The molecule has 0 unspecified atom stereocenters. The Morgan fingerprint density at radius 1 is 1.16 bits per heavy atom. The van der Waals surface area contributed by atoms with E-state index >= 15 is 0 Å². The van der Waals surface area contributed by atoms with Crippen molar-refractivity contribution < 1.29 is 4.79 Å². The number of aryl methyl sites for hydroxylation is 1. The number of carbonyl (C=O) groups excluding carboxylic acids is 1. The van der Waals surface area contributed by atoms with Gasteiger partial charge in [0.2, 0.25) is 0 Å². The molecule has 1 N–H and O–H groups in total. The molecule has 3 rings (SSSR count). The second kappa shape index (κ2) is 5.91. The molecule has 102 valence electrons. The van der Waals surface area contributed by atoms with E-state index in [1.165, 1.54) is 5.56 Å². The Morgan fingerprint density at radius 3 is 2.53 bits per heavy atom. The van der Waals surface area contributed by atoms with Crippen LogP contribution in [-0.4, -0.2) is 28.9 Å². The van der Waals surface area contributed by atoms with Gasteiger partial charge < -0.3 is 9.88 Å². The second-order valence-corrected chi connectivity index (χ2v) is 4.77. The smallest absolute Gasteiger partial charge is 0.270 e. The molecule has 1 fully saturated rings. The number of rotatable bonds is 1. The minimum absolute atomic E-state index is 0.136. The van der Waals surface area contributed by atoms with Crippen molar-refractivity contribution in [2.24, 2.45) is 0 Å². The molecule has 0 spiro atoms. The quantitative estimate of drug-likeness (QED) is 0.831. The van der Waals surface area contributed by atoms with Crippen molar-refractivity contribution >= 4 is 16.8 Å². The van der Waals surface area contributed by atoms with E-state index in [1.807, 2.05) is 24.8 Å². The summed E-state index contributed by atoms with van der Waals surface area (Å²) < 4.78 is 0. The molecule has 19 heavy (non-hydrogen) atoms. The minimum atomic E-state index is 0.136. The number of carbonyl (C=O) groups is 1. The first-order valence-corrected chi connectivity index (χ1v) is 7.13.